The molecule has 3 aromatic rings. The monoisotopic (exact) mass is 351 g/mol. The highest BCUT2D eigenvalue weighted by atomic mass is 16.5. The molecule has 0 fully saturated rings. The van der Waals surface area contributed by atoms with Crippen LogP contribution in [0, 0.1) is 6.92 Å². The van der Waals surface area contributed by atoms with Crippen LogP contribution in [0.15, 0.2) is 53.3 Å². The normalized spacial score (nSPS) is 11.1. The maximum Gasteiger partial charge on any atom is 0.337 e. The largest absolute Gasteiger partial charge is 0.465 e. The van der Waals surface area contributed by atoms with Crippen LogP contribution in [0.25, 0.3) is 10.8 Å². The van der Waals surface area contributed by atoms with Crippen molar-refractivity contribution in [2.75, 3.05) is 14.2 Å². The quantitative estimate of drug-likeness (QED) is 0.661. The Hall–Kier alpha value is -2.99. The van der Waals surface area contributed by atoms with Gasteiger partial charge in [0.05, 0.1) is 30.4 Å². The van der Waals surface area contributed by atoms with E-state index in [1.54, 1.807) is 12.1 Å². The minimum absolute atomic E-state index is 0.0981. The lowest BCUT2D eigenvalue weighted by atomic mass is 10.1. The van der Waals surface area contributed by atoms with Gasteiger partial charge < -0.3 is 4.74 Å². The molecule has 1 aromatic heterocycles. The fourth-order valence-electron chi connectivity index (χ4n) is 2.95. The Morgan fingerprint density at radius 1 is 1.12 bits per heavy atom. The minimum atomic E-state index is -0.354. The van der Waals surface area contributed by atoms with Gasteiger partial charge in [0.25, 0.3) is 5.56 Å². The topological polar surface area (TPSA) is 64.4 Å². The van der Waals surface area contributed by atoms with E-state index in [2.05, 4.69) is 5.10 Å². The highest BCUT2D eigenvalue weighted by Gasteiger charge is 2.10. The standard InChI is InChI=1S/C20H21N3O3/c1-14-17-6-4-5-7-18(17)19(24)23(21-14)13-22(2)12-15-8-10-16(11-9-15)20(25)26-3/h4-11H,12-13H2,1-3H3. The van der Waals surface area contributed by atoms with E-state index in [-0.39, 0.29) is 11.5 Å². The zero-order valence-corrected chi connectivity index (χ0v) is 15.1. The van der Waals surface area contributed by atoms with E-state index >= 15 is 0 Å². The molecule has 0 aliphatic heterocycles. The Labute approximate surface area is 151 Å². The molecule has 0 aliphatic rings. The molecule has 134 valence electrons. The number of nitrogens with zero attached hydrogens (tertiary/aromatic N) is 3. The highest BCUT2D eigenvalue weighted by Crippen LogP contribution is 2.12. The number of hydrogen-bond donors (Lipinski definition) is 0. The molecule has 0 bridgehead atoms. The second kappa shape index (κ2) is 7.49. The molecule has 3 rings (SSSR count). The van der Waals surface area contributed by atoms with Gasteiger partial charge in [0.1, 0.15) is 0 Å². The molecule has 0 spiro atoms. The SMILES string of the molecule is COC(=O)c1ccc(CN(C)Cn2nc(C)c3ccccc3c2=O)cc1. The average molecular weight is 351 g/mol. The van der Waals surface area contributed by atoms with Crippen molar-refractivity contribution in [3.05, 3.63) is 75.7 Å². The molecule has 0 saturated heterocycles. The summed E-state index contributed by atoms with van der Waals surface area (Å²) < 4.78 is 6.19. The molecule has 6 nitrogen and oxygen atoms in total. The molecule has 26 heavy (non-hydrogen) atoms. The number of carbonyl (C=O) groups is 1. The summed E-state index contributed by atoms with van der Waals surface area (Å²) in [5, 5.41) is 5.99. The van der Waals surface area contributed by atoms with Crippen LogP contribution in [-0.4, -0.2) is 34.8 Å². The molecule has 0 unspecified atom stereocenters. The second-order valence-corrected chi connectivity index (χ2v) is 6.28. The van der Waals surface area contributed by atoms with Gasteiger partial charge in [-0.3, -0.25) is 9.69 Å². The predicted molar refractivity (Wildman–Crippen MR) is 100.0 cm³/mol. The second-order valence-electron chi connectivity index (χ2n) is 6.28. The Balaban J connectivity index is 1.77. The zero-order valence-electron chi connectivity index (χ0n) is 15.1. The Kier molecular flexibility index (Phi) is 5.14. The maximum atomic E-state index is 12.6. The van der Waals surface area contributed by atoms with Gasteiger partial charge in [-0.1, -0.05) is 30.3 Å². The van der Waals surface area contributed by atoms with E-state index in [4.69, 9.17) is 4.74 Å². The molecule has 0 saturated carbocycles. The van der Waals surface area contributed by atoms with Crippen LogP contribution in [-0.2, 0) is 18.0 Å². The molecule has 0 aliphatic carbocycles. The zero-order chi connectivity index (χ0) is 18.7. The van der Waals surface area contributed by atoms with Crippen LogP contribution in [0.2, 0.25) is 0 Å². The van der Waals surface area contributed by atoms with Gasteiger partial charge in [0.15, 0.2) is 0 Å². The predicted octanol–water partition coefficient (Wildman–Crippen LogP) is 2.58. The third-order valence-corrected chi connectivity index (χ3v) is 4.26. The number of hydrogen-bond acceptors (Lipinski definition) is 5. The minimum Gasteiger partial charge on any atom is -0.465 e. The molecular formula is C20H21N3O3. The van der Waals surface area contributed by atoms with Crippen LogP contribution in [0.5, 0.6) is 0 Å². The smallest absolute Gasteiger partial charge is 0.337 e. The van der Waals surface area contributed by atoms with E-state index in [9.17, 15) is 9.59 Å². The Morgan fingerprint density at radius 3 is 2.42 bits per heavy atom. The first-order valence-corrected chi connectivity index (χ1v) is 8.32. The number of esters is 1. The number of fused-ring (bicyclic) bond motifs is 1. The number of aromatic nitrogens is 2. The first-order chi connectivity index (χ1) is 12.5. The summed E-state index contributed by atoms with van der Waals surface area (Å²) in [4.78, 5) is 26.1. The van der Waals surface area contributed by atoms with Crippen molar-refractivity contribution in [1.82, 2.24) is 14.7 Å². The van der Waals surface area contributed by atoms with E-state index < -0.39 is 0 Å². The number of benzene rings is 2. The summed E-state index contributed by atoms with van der Waals surface area (Å²) in [7, 11) is 3.28. The van der Waals surface area contributed by atoms with E-state index in [1.807, 2.05) is 55.3 Å². The van der Waals surface area contributed by atoms with Crippen LogP contribution in [0.4, 0.5) is 0 Å². The summed E-state index contributed by atoms with van der Waals surface area (Å²) in [6.07, 6.45) is 0. The maximum absolute atomic E-state index is 12.6. The van der Waals surface area contributed by atoms with Crippen molar-refractivity contribution >= 4 is 16.7 Å². The third kappa shape index (κ3) is 3.65. The van der Waals surface area contributed by atoms with Gasteiger partial charge in [-0.25, -0.2) is 9.48 Å². The van der Waals surface area contributed by atoms with E-state index in [1.165, 1.54) is 11.8 Å². The van der Waals surface area contributed by atoms with Crippen molar-refractivity contribution in [3.63, 3.8) is 0 Å². The fourth-order valence-corrected chi connectivity index (χ4v) is 2.95. The van der Waals surface area contributed by atoms with Crippen LogP contribution in [0.1, 0.15) is 21.6 Å². The van der Waals surface area contributed by atoms with Gasteiger partial charge >= 0.3 is 5.97 Å². The van der Waals surface area contributed by atoms with Gasteiger partial charge in [-0.05, 0) is 37.7 Å². The molecule has 2 aromatic carbocycles. The van der Waals surface area contributed by atoms with Crippen molar-refractivity contribution in [2.24, 2.45) is 0 Å². The first-order valence-electron chi connectivity index (χ1n) is 8.32. The number of aryl methyl sites for hydroxylation is 1. The van der Waals surface area contributed by atoms with Crippen molar-refractivity contribution < 1.29 is 9.53 Å². The van der Waals surface area contributed by atoms with Gasteiger partial charge in [-0.15, -0.1) is 0 Å². The molecule has 0 atom stereocenters. The summed E-state index contributed by atoms with van der Waals surface area (Å²) in [5.41, 5.74) is 2.28. The number of carbonyl (C=O) groups excluding carboxylic acids is 1. The Morgan fingerprint density at radius 2 is 1.77 bits per heavy atom. The molecule has 6 heteroatoms. The van der Waals surface area contributed by atoms with Crippen molar-refractivity contribution in [2.45, 2.75) is 20.1 Å². The molecule has 0 radical (unpaired) electrons. The molecule has 0 amide bonds. The van der Waals surface area contributed by atoms with Crippen LogP contribution < -0.4 is 5.56 Å². The summed E-state index contributed by atoms with van der Waals surface area (Å²) in [6.45, 7) is 2.91. The molecule has 0 N–H and O–H groups in total. The third-order valence-electron chi connectivity index (χ3n) is 4.26. The van der Waals surface area contributed by atoms with Crippen LogP contribution >= 0.6 is 0 Å². The summed E-state index contributed by atoms with van der Waals surface area (Å²) in [6, 6.07) is 14.7. The number of ether oxygens (including phenoxy) is 1. The van der Waals surface area contributed by atoms with Gasteiger partial charge in [-0.2, -0.15) is 5.10 Å². The van der Waals surface area contributed by atoms with E-state index in [0.29, 0.717) is 24.2 Å². The first kappa shape index (κ1) is 17.8. The highest BCUT2D eigenvalue weighted by molar-refractivity contribution is 5.89. The van der Waals surface area contributed by atoms with E-state index in [0.717, 1.165) is 16.6 Å². The van der Waals surface area contributed by atoms with Gasteiger partial charge in [0, 0.05) is 11.9 Å². The van der Waals surface area contributed by atoms with Gasteiger partial charge in [0.2, 0.25) is 0 Å². The molecule has 1 heterocycles. The number of rotatable bonds is 5. The van der Waals surface area contributed by atoms with Crippen LogP contribution in [0.3, 0.4) is 0 Å². The van der Waals surface area contributed by atoms with Crippen molar-refractivity contribution in [1.29, 1.82) is 0 Å². The Bertz CT molecular complexity index is 993. The summed E-state index contributed by atoms with van der Waals surface area (Å²) in [5.74, 6) is -0.354. The lowest BCUT2D eigenvalue weighted by molar-refractivity contribution is 0.0600. The molecular weight excluding hydrogens is 330 g/mol. The fraction of sp³-hybridized carbons (Fsp3) is 0.250. The average Bonchev–Trinajstić information content (AvgIpc) is 2.66. The van der Waals surface area contributed by atoms with Crippen molar-refractivity contribution in [3.8, 4) is 0 Å². The lowest BCUT2D eigenvalue weighted by Crippen LogP contribution is -2.32. The lowest BCUT2D eigenvalue weighted by Gasteiger charge is -2.18. The number of methoxy groups -OCH3 is 1. The summed E-state index contributed by atoms with van der Waals surface area (Å²) >= 11 is 0.